The van der Waals surface area contributed by atoms with Gasteiger partial charge in [0.1, 0.15) is 5.82 Å². The summed E-state index contributed by atoms with van der Waals surface area (Å²) in [7, 11) is 0. The molecule has 1 aromatic heterocycles. The van der Waals surface area contributed by atoms with Gasteiger partial charge in [-0.2, -0.15) is 18.3 Å². The summed E-state index contributed by atoms with van der Waals surface area (Å²) in [5.41, 5.74) is 1.23. The highest BCUT2D eigenvalue weighted by atomic mass is 79.9. The van der Waals surface area contributed by atoms with Crippen molar-refractivity contribution in [2.45, 2.75) is 29.6 Å². The van der Waals surface area contributed by atoms with Crippen LogP contribution in [0.25, 0.3) is 0 Å². The topological polar surface area (TPSA) is 59.0 Å². The van der Waals surface area contributed by atoms with Crippen LogP contribution in [0.15, 0.2) is 64.0 Å². The van der Waals surface area contributed by atoms with Crippen molar-refractivity contribution in [1.82, 2.24) is 9.78 Å². The lowest BCUT2D eigenvalue weighted by molar-refractivity contribution is -0.173. The van der Waals surface area contributed by atoms with Gasteiger partial charge in [0.05, 0.1) is 11.7 Å². The zero-order valence-electron chi connectivity index (χ0n) is 16.3. The number of carbonyl (C=O) groups is 1. The van der Waals surface area contributed by atoms with E-state index in [0.29, 0.717) is 5.69 Å². The molecule has 0 unspecified atom stereocenters. The van der Waals surface area contributed by atoms with Crippen LogP contribution < -0.4 is 10.6 Å². The number of fused-ring (bicyclic) bond motifs is 1. The third-order valence-electron chi connectivity index (χ3n) is 5.05. The van der Waals surface area contributed by atoms with E-state index in [9.17, 15) is 18.0 Å². The van der Waals surface area contributed by atoms with Crippen molar-refractivity contribution in [1.29, 1.82) is 0 Å². The molecule has 10 heteroatoms. The second-order valence-electron chi connectivity index (χ2n) is 7.06. The maximum absolute atomic E-state index is 13.8. The number of amides is 1. The molecule has 0 spiro atoms. The number of halogens is 4. The quantitative estimate of drug-likeness (QED) is 0.405. The van der Waals surface area contributed by atoms with Gasteiger partial charge in [-0.25, -0.2) is 4.68 Å². The van der Waals surface area contributed by atoms with Gasteiger partial charge in [-0.15, -0.1) is 11.8 Å². The van der Waals surface area contributed by atoms with Crippen LogP contribution in [-0.2, 0) is 0 Å². The summed E-state index contributed by atoms with van der Waals surface area (Å²) >= 11 is 4.79. The van der Waals surface area contributed by atoms with Crippen LogP contribution in [0.3, 0.4) is 0 Å². The van der Waals surface area contributed by atoms with Crippen molar-refractivity contribution < 1.29 is 18.0 Å². The van der Waals surface area contributed by atoms with E-state index < -0.39 is 24.2 Å². The fourth-order valence-electron chi connectivity index (χ4n) is 3.53. The van der Waals surface area contributed by atoms with Gasteiger partial charge in [0.2, 0.25) is 0 Å². The maximum Gasteiger partial charge on any atom is 0.410 e. The highest BCUT2D eigenvalue weighted by Gasteiger charge is 2.46. The average Bonchev–Trinajstić information content (AvgIpc) is 3.17. The normalized spacial score (nSPS) is 18.2. The zero-order valence-corrected chi connectivity index (χ0v) is 18.7. The molecular weight excluding hydrogens is 493 g/mol. The summed E-state index contributed by atoms with van der Waals surface area (Å²) in [6.45, 7) is 0. The molecular formula is C21H18BrF3N4OS. The number of nitrogens with zero attached hydrogens (tertiary/aromatic N) is 2. The summed E-state index contributed by atoms with van der Waals surface area (Å²) in [4.78, 5) is 13.6. The van der Waals surface area contributed by atoms with Crippen LogP contribution in [0.1, 0.15) is 34.6 Å². The Balaban J connectivity index is 1.64. The summed E-state index contributed by atoms with van der Waals surface area (Å²) in [5.74, 6) is -0.406. The monoisotopic (exact) mass is 510 g/mol. The molecule has 1 amide bonds. The molecule has 0 aliphatic carbocycles. The lowest BCUT2D eigenvalue weighted by atomic mass is 9.97. The highest BCUT2D eigenvalue weighted by Crippen LogP contribution is 2.43. The Morgan fingerprint density at radius 3 is 2.61 bits per heavy atom. The third kappa shape index (κ3) is 4.59. The minimum Gasteiger partial charge on any atom is -0.363 e. The zero-order chi connectivity index (χ0) is 22.2. The van der Waals surface area contributed by atoms with Gasteiger partial charge >= 0.3 is 6.18 Å². The van der Waals surface area contributed by atoms with Gasteiger partial charge in [-0.3, -0.25) is 4.79 Å². The number of hydrogen-bond acceptors (Lipinski definition) is 4. The number of carbonyl (C=O) groups excluding carboxylic acids is 1. The molecule has 0 bridgehead atoms. The maximum atomic E-state index is 13.8. The van der Waals surface area contributed by atoms with E-state index in [0.717, 1.165) is 19.6 Å². The number of thioether (sulfide) groups is 1. The van der Waals surface area contributed by atoms with Crippen LogP contribution in [0.4, 0.5) is 24.7 Å². The Hall–Kier alpha value is -2.46. The molecule has 0 saturated carbocycles. The summed E-state index contributed by atoms with van der Waals surface area (Å²) in [6.07, 6.45) is -2.85. The van der Waals surface area contributed by atoms with Crippen molar-refractivity contribution in [3.8, 4) is 0 Å². The first-order valence-electron chi connectivity index (χ1n) is 9.39. The van der Waals surface area contributed by atoms with Crippen LogP contribution in [0, 0.1) is 0 Å². The number of rotatable bonds is 4. The Morgan fingerprint density at radius 2 is 1.94 bits per heavy atom. The Bertz CT molecular complexity index is 1100. The molecule has 0 saturated heterocycles. The molecule has 2 aromatic carbocycles. The standard InChI is InChI=1S/C21H18BrF3N4OS/c1-31-17-5-3-2-4-14(17)27-20(30)16-11-19-26-15(12-6-8-13(22)9-7-12)10-18(21(23,24)25)29(19)28-16/h2-9,11,15,18,26H,10H2,1H3,(H,27,30)/t15-,18-/m0/s1. The van der Waals surface area contributed by atoms with Crippen LogP contribution >= 0.6 is 27.7 Å². The number of para-hydroxylation sites is 1. The minimum absolute atomic E-state index is 0.0795. The predicted molar refractivity (Wildman–Crippen MR) is 119 cm³/mol. The van der Waals surface area contributed by atoms with E-state index in [1.54, 1.807) is 36.4 Å². The van der Waals surface area contributed by atoms with Gasteiger partial charge in [0.15, 0.2) is 11.7 Å². The van der Waals surface area contributed by atoms with Gasteiger partial charge in [0.25, 0.3) is 5.91 Å². The van der Waals surface area contributed by atoms with E-state index in [4.69, 9.17) is 0 Å². The van der Waals surface area contributed by atoms with E-state index in [1.165, 1.54) is 17.8 Å². The van der Waals surface area contributed by atoms with Crippen molar-refractivity contribution >= 4 is 45.1 Å². The largest absolute Gasteiger partial charge is 0.410 e. The molecule has 0 fully saturated rings. The lowest BCUT2D eigenvalue weighted by Gasteiger charge is -2.33. The van der Waals surface area contributed by atoms with E-state index in [2.05, 4.69) is 31.7 Å². The van der Waals surface area contributed by atoms with Crippen molar-refractivity contribution in [2.24, 2.45) is 0 Å². The highest BCUT2D eigenvalue weighted by molar-refractivity contribution is 9.10. The first-order valence-corrected chi connectivity index (χ1v) is 11.4. The van der Waals surface area contributed by atoms with Crippen LogP contribution in [0.2, 0.25) is 0 Å². The summed E-state index contributed by atoms with van der Waals surface area (Å²) in [5, 5.41) is 9.84. The number of nitrogens with one attached hydrogen (secondary N) is 2. The lowest BCUT2D eigenvalue weighted by Crippen LogP contribution is -2.35. The molecule has 1 aliphatic heterocycles. The first kappa shape index (κ1) is 21.8. The van der Waals surface area contributed by atoms with Gasteiger partial charge < -0.3 is 10.6 Å². The Kier molecular flexibility index (Phi) is 6.02. The fraction of sp³-hybridized carbons (Fsp3) is 0.238. The molecule has 162 valence electrons. The molecule has 2 heterocycles. The molecule has 0 radical (unpaired) electrons. The van der Waals surface area contributed by atoms with E-state index >= 15 is 0 Å². The van der Waals surface area contributed by atoms with Crippen molar-refractivity contribution in [2.75, 3.05) is 16.9 Å². The number of hydrogen-bond donors (Lipinski definition) is 2. The smallest absolute Gasteiger partial charge is 0.363 e. The molecule has 1 aliphatic rings. The molecule has 31 heavy (non-hydrogen) atoms. The summed E-state index contributed by atoms with van der Waals surface area (Å²) in [6, 6.07) is 13.3. The molecule has 3 aromatic rings. The second-order valence-corrected chi connectivity index (χ2v) is 8.82. The van der Waals surface area contributed by atoms with Crippen LogP contribution in [0.5, 0.6) is 0 Å². The minimum atomic E-state index is -4.50. The number of alkyl halides is 3. The van der Waals surface area contributed by atoms with Crippen molar-refractivity contribution in [3.05, 3.63) is 70.3 Å². The number of benzene rings is 2. The van der Waals surface area contributed by atoms with Crippen molar-refractivity contribution in [3.63, 3.8) is 0 Å². The van der Waals surface area contributed by atoms with Gasteiger partial charge in [0, 0.05) is 21.9 Å². The Labute approximate surface area is 189 Å². The van der Waals surface area contributed by atoms with Crippen LogP contribution in [-0.4, -0.2) is 28.1 Å². The molecule has 2 atom stereocenters. The molecule has 2 N–H and O–H groups in total. The van der Waals surface area contributed by atoms with E-state index in [-0.39, 0.29) is 17.9 Å². The first-order chi connectivity index (χ1) is 14.8. The third-order valence-corrected chi connectivity index (χ3v) is 6.37. The molecule has 5 nitrogen and oxygen atoms in total. The fourth-order valence-corrected chi connectivity index (χ4v) is 4.35. The van der Waals surface area contributed by atoms with Gasteiger partial charge in [-0.1, -0.05) is 40.2 Å². The number of anilines is 2. The average molecular weight is 511 g/mol. The van der Waals surface area contributed by atoms with Gasteiger partial charge in [-0.05, 0) is 36.1 Å². The SMILES string of the molecule is CSc1ccccc1NC(=O)c1cc2n(n1)[C@H](C(F)(F)F)C[C@@H](c1ccc(Br)cc1)N2. The Morgan fingerprint density at radius 1 is 1.23 bits per heavy atom. The summed E-state index contributed by atoms with van der Waals surface area (Å²) < 4.78 is 43.2. The molecule has 4 rings (SSSR count). The number of aromatic nitrogens is 2. The predicted octanol–water partition coefficient (Wildman–Crippen LogP) is 6.28. The second kappa shape index (κ2) is 8.58. The van der Waals surface area contributed by atoms with E-state index in [1.807, 2.05) is 18.4 Å².